The average molecular weight is 208 g/mol. The first-order valence-corrected chi connectivity index (χ1v) is 3.54. The van der Waals surface area contributed by atoms with E-state index in [1.165, 1.54) is 7.11 Å². The van der Waals surface area contributed by atoms with E-state index in [9.17, 15) is 9.18 Å². The third kappa shape index (κ3) is 3.93. The molecule has 0 aliphatic carbocycles. The summed E-state index contributed by atoms with van der Waals surface area (Å²) < 4.78 is 16.9. The van der Waals surface area contributed by atoms with Crippen molar-refractivity contribution in [2.75, 3.05) is 7.11 Å². The SMILES string of the molecule is COc1ccccc1CC(=O)F.F.F. The van der Waals surface area contributed by atoms with Gasteiger partial charge < -0.3 is 4.74 Å². The van der Waals surface area contributed by atoms with Crippen molar-refractivity contribution in [3.05, 3.63) is 29.8 Å². The van der Waals surface area contributed by atoms with Crippen LogP contribution in [-0.4, -0.2) is 13.1 Å². The van der Waals surface area contributed by atoms with E-state index in [1.807, 2.05) is 0 Å². The Bertz CT molecular complexity index is 289. The molecule has 2 nitrogen and oxygen atoms in total. The highest BCUT2D eigenvalue weighted by atomic mass is 19.1. The van der Waals surface area contributed by atoms with Gasteiger partial charge in [-0.25, -0.2) is 0 Å². The van der Waals surface area contributed by atoms with E-state index in [0.717, 1.165) is 0 Å². The highest BCUT2D eigenvalue weighted by Crippen LogP contribution is 2.17. The van der Waals surface area contributed by atoms with Crippen molar-refractivity contribution in [2.24, 2.45) is 0 Å². The number of halogens is 3. The summed E-state index contributed by atoms with van der Waals surface area (Å²) in [5.74, 6) is 0.545. The topological polar surface area (TPSA) is 26.3 Å². The van der Waals surface area contributed by atoms with Gasteiger partial charge in [-0.15, -0.1) is 0 Å². The largest absolute Gasteiger partial charge is 0.496 e. The van der Waals surface area contributed by atoms with Crippen LogP contribution in [0.5, 0.6) is 5.75 Å². The first kappa shape index (κ1) is 15.0. The lowest BCUT2D eigenvalue weighted by Crippen LogP contribution is -1.97. The van der Waals surface area contributed by atoms with Gasteiger partial charge >= 0.3 is 6.04 Å². The average Bonchev–Trinajstić information content (AvgIpc) is 2.04. The molecule has 1 aromatic carbocycles. The fraction of sp³-hybridized carbons (Fsp3) is 0.222. The van der Waals surface area contributed by atoms with Gasteiger partial charge in [0.1, 0.15) is 5.75 Å². The smallest absolute Gasteiger partial charge is 0.306 e. The molecule has 0 aliphatic heterocycles. The van der Waals surface area contributed by atoms with Gasteiger partial charge in [0.25, 0.3) is 0 Å². The maximum atomic E-state index is 12.0. The second-order valence-corrected chi connectivity index (χ2v) is 2.34. The van der Waals surface area contributed by atoms with Crippen molar-refractivity contribution in [1.82, 2.24) is 0 Å². The third-order valence-corrected chi connectivity index (χ3v) is 1.52. The molecular weight excluding hydrogens is 197 g/mol. The van der Waals surface area contributed by atoms with Crippen LogP contribution in [0.15, 0.2) is 24.3 Å². The van der Waals surface area contributed by atoms with E-state index in [1.54, 1.807) is 24.3 Å². The fourth-order valence-electron chi connectivity index (χ4n) is 0.999. The minimum atomic E-state index is -1.35. The van der Waals surface area contributed by atoms with E-state index >= 15 is 0 Å². The molecule has 1 rings (SSSR count). The van der Waals surface area contributed by atoms with Gasteiger partial charge in [0.15, 0.2) is 0 Å². The molecule has 0 bridgehead atoms. The Balaban J connectivity index is 0. The fourth-order valence-corrected chi connectivity index (χ4v) is 0.999. The Labute approximate surface area is 79.4 Å². The molecule has 0 unspecified atom stereocenters. The number of carbonyl (C=O) groups excluding carboxylic acids is 1. The van der Waals surface area contributed by atoms with E-state index in [4.69, 9.17) is 4.74 Å². The standard InChI is InChI=1S/C9H9FO2.2FH/c1-12-8-5-3-2-4-7(8)6-9(10)11;;/h2-5H,6H2,1H3;2*1H. The molecule has 0 heterocycles. The zero-order chi connectivity index (χ0) is 8.97. The molecule has 5 heteroatoms. The second kappa shape index (κ2) is 6.94. The summed E-state index contributed by atoms with van der Waals surface area (Å²) in [6, 6.07) is 5.51. The van der Waals surface area contributed by atoms with E-state index < -0.39 is 6.04 Å². The molecule has 0 atom stereocenters. The summed E-state index contributed by atoms with van der Waals surface area (Å²) in [4.78, 5) is 10.2. The van der Waals surface area contributed by atoms with Gasteiger partial charge in [-0.3, -0.25) is 14.2 Å². The van der Waals surface area contributed by atoms with Gasteiger partial charge in [-0.2, -0.15) is 4.39 Å². The normalized spacial score (nSPS) is 8.14. The summed E-state index contributed by atoms with van der Waals surface area (Å²) in [6.45, 7) is 0. The van der Waals surface area contributed by atoms with Crippen molar-refractivity contribution in [2.45, 2.75) is 6.42 Å². The third-order valence-electron chi connectivity index (χ3n) is 1.52. The van der Waals surface area contributed by atoms with Crippen LogP contribution in [0.4, 0.5) is 13.8 Å². The molecule has 0 aliphatic rings. The Morgan fingerprint density at radius 1 is 1.36 bits per heavy atom. The number of benzene rings is 1. The van der Waals surface area contributed by atoms with Gasteiger partial charge in [0.05, 0.1) is 13.5 Å². The molecule has 0 fully saturated rings. The van der Waals surface area contributed by atoms with Crippen molar-refractivity contribution in [3.63, 3.8) is 0 Å². The molecule has 0 saturated carbocycles. The minimum Gasteiger partial charge on any atom is -0.496 e. The summed E-state index contributed by atoms with van der Waals surface area (Å²) in [6.07, 6.45) is -0.218. The van der Waals surface area contributed by atoms with Crippen molar-refractivity contribution >= 4 is 6.04 Å². The molecule has 0 N–H and O–H groups in total. The van der Waals surface area contributed by atoms with Crippen LogP contribution in [0, 0.1) is 0 Å². The zero-order valence-corrected chi connectivity index (χ0v) is 7.53. The number of hydrogen-bond donors (Lipinski definition) is 0. The van der Waals surface area contributed by atoms with Crippen LogP contribution in [0.25, 0.3) is 0 Å². The minimum absolute atomic E-state index is 0. The Morgan fingerprint density at radius 2 is 1.93 bits per heavy atom. The number of methoxy groups -OCH3 is 1. The predicted molar refractivity (Wildman–Crippen MR) is 47.8 cm³/mol. The molecule has 0 amide bonds. The zero-order valence-electron chi connectivity index (χ0n) is 7.53. The Kier molecular flexibility index (Phi) is 7.42. The maximum absolute atomic E-state index is 12.0. The maximum Gasteiger partial charge on any atom is 0.306 e. The van der Waals surface area contributed by atoms with Gasteiger partial charge in [-0.05, 0) is 6.07 Å². The molecule has 1 aromatic rings. The van der Waals surface area contributed by atoms with Crippen molar-refractivity contribution in [3.8, 4) is 5.75 Å². The molecule has 0 aromatic heterocycles. The molecular formula is C9H11F3O2. The number of ether oxygens (including phenoxy) is 1. The first-order valence-electron chi connectivity index (χ1n) is 3.54. The van der Waals surface area contributed by atoms with Gasteiger partial charge in [-0.1, -0.05) is 18.2 Å². The summed E-state index contributed by atoms with van der Waals surface area (Å²) in [5.41, 5.74) is 0.576. The molecule has 0 spiro atoms. The monoisotopic (exact) mass is 208 g/mol. The van der Waals surface area contributed by atoms with Gasteiger partial charge in [0.2, 0.25) is 0 Å². The highest BCUT2D eigenvalue weighted by molar-refractivity contribution is 5.72. The lowest BCUT2D eigenvalue weighted by atomic mass is 10.1. The van der Waals surface area contributed by atoms with Crippen LogP contribution in [0.1, 0.15) is 5.56 Å². The number of para-hydroxylation sites is 1. The lowest BCUT2D eigenvalue weighted by molar-refractivity contribution is -0.128. The number of rotatable bonds is 3. The van der Waals surface area contributed by atoms with Gasteiger partial charge in [0, 0.05) is 5.56 Å². The van der Waals surface area contributed by atoms with E-state index in [-0.39, 0.29) is 15.8 Å². The van der Waals surface area contributed by atoms with E-state index in [0.29, 0.717) is 11.3 Å². The Hall–Kier alpha value is -1.52. The first-order chi connectivity index (χ1) is 5.74. The Morgan fingerprint density at radius 3 is 2.43 bits per heavy atom. The summed E-state index contributed by atoms with van der Waals surface area (Å²) in [5, 5.41) is 0. The van der Waals surface area contributed by atoms with Crippen LogP contribution < -0.4 is 4.74 Å². The second-order valence-electron chi connectivity index (χ2n) is 2.34. The molecule has 0 radical (unpaired) electrons. The highest BCUT2D eigenvalue weighted by Gasteiger charge is 2.05. The van der Waals surface area contributed by atoms with Crippen LogP contribution in [-0.2, 0) is 11.2 Å². The molecule has 0 saturated heterocycles. The summed E-state index contributed by atoms with van der Waals surface area (Å²) >= 11 is 0. The van der Waals surface area contributed by atoms with Crippen LogP contribution in [0.2, 0.25) is 0 Å². The quantitative estimate of drug-likeness (QED) is 0.710. The summed E-state index contributed by atoms with van der Waals surface area (Å²) in [7, 11) is 1.49. The van der Waals surface area contributed by atoms with Crippen LogP contribution >= 0.6 is 0 Å². The predicted octanol–water partition coefficient (Wildman–Crippen LogP) is 2.04. The van der Waals surface area contributed by atoms with Crippen molar-refractivity contribution in [1.29, 1.82) is 0 Å². The van der Waals surface area contributed by atoms with E-state index in [2.05, 4.69) is 0 Å². The van der Waals surface area contributed by atoms with Crippen LogP contribution in [0.3, 0.4) is 0 Å². The number of carbonyl (C=O) groups is 1. The van der Waals surface area contributed by atoms with Crippen molar-refractivity contribution < 1.29 is 23.3 Å². The number of hydrogen-bond acceptors (Lipinski definition) is 2. The molecule has 80 valence electrons. The lowest BCUT2D eigenvalue weighted by Gasteiger charge is -2.04. The molecule has 14 heavy (non-hydrogen) atoms.